The summed E-state index contributed by atoms with van der Waals surface area (Å²) < 4.78 is 0. The topological polar surface area (TPSA) is 17.1 Å². The Bertz CT molecular complexity index is 314. The first kappa shape index (κ1) is 8.95. The smallest absolute Gasteiger partial charge is 0.133 e. The van der Waals surface area contributed by atoms with E-state index in [2.05, 4.69) is 18.4 Å². The summed E-state index contributed by atoms with van der Waals surface area (Å²) in [7, 11) is 0. The maximum absolute atomic E-state index is 11.1. The number of carbonyl (C=O) groups is 1. The maximum atomic E-state index is 11.1. The van der Waals surface area contributed by atoms with Crippen LogP contribution in [0.2, 0.25) is 0 Å². The Balaban J connectivity index is 1.95. The second-order valence-electron chi connectivity index (χ2n) is 3.92. The lowest BCUT2D eigenvalue weighted by Crippen LogP contribution is -1.98. The SMILES string of the molecule is Cc1cc(CC2CCC(=O)C2)cs1. The monoisotopic (exact) mass is 194 g/mol. The molecule has 0 amide bonds. The van der Waals surface area contributed by atoms with Crippen molar-refractivity contribution in [3.05, 3.63) is 21.9 Å². The quantitative estimate of drug-likeness (QED) is 0.707. The molecular weight excluding hydrogens is 180 g/mol. The van der Waals surface area contributed by atoms with E-state index in [1.165, 1.54) is 10.4 Å². The highest BCUT2D eigenvalue weighted by Gasteiger charge is 2.22. The van der Waals surface area contributed by atoms with E-state index >= 15 is 0 Å². The van der Waals surface area contributed by atoms with E-state index in [0.717, 1.165) is 25.7 Å². The highest BCUT2D eigenvalue weighted by Crippen LogP contribution is 2.27. The third-order valence-corrected chi connectivity index (χ3v) is 3.57. The second-order valence-corrected chi connectivity index (χ2v) is 5.03. The molecule has 1 aliphatic rings. The number of aryl methyl sites for hydroxylation is 1. The van der Waals surface area contributed by atoms with Crippen LogP contribution in [-0.2, 0) is 11.2 Å². The summed E-state index contributed by atoms with van der Waals surface area (Å²) in [4.78, 5) is 12.4. The zero-order valence-electron chi connectivity index (χ0n) is 7.88. The van der Waals surface area contributed by atoms with E-state index in [0.29, 0.717) is 11.7 Å². The largest absolute Gasteiger partial charge is 0.300 e. The van der Waals surface area contributed by atoms with Gasteiger partial charge in [0.15, 0.2) is 0 Å². The van der Waals surface area contributed by atoms with Crippen molar-refractivity contribution >= 4 is 17.1 Å². The summed E-state index contributed by atoms with van der Waals surface area (Å²) in [6, 6.07) is 2.24. The Morgan fingerprint density at radius 3 is 3.00 bits per heavy atom. The molecule has 70 valence electrons. The molecule has 0 N–H and O–H groups in total. The van der Waals surface area contributed by atoms with Crippen LogP contribution in [0.15, 0.2) is 11.4 Å². The molecule has 0 spiro atoms. The van der Waals surface area contributed by atoms with Gasteiger partial charge in [-0.15, -0.1) is 11.3 Å². The number of carbonyl (C=O) groups excluding carboxylic acids is 1. The summed E-state index contributed by atoms with van der Waals surface area (Å²) in [5, 5.41) is 2.22. The fourth-order valence-corrected chi connectivity index (χ4v) is 2.72. The molecular formula is C11H14OS. The number of rotatable bonds is 2. The van der Waals surface area contributed by atoms with Gasteiger partial charge in [-0.2, -0.15) is 0 Å². The van der Waals surface area contributed by atoms with Gasteiger partial charge in [-0.3, -0.25) is 4.79 Å². The van der Waals surface area contributed by atoms with Gasteiger partial charge >= 0.3 is 0 Å². The van der Waals surface area contributed by atoms with Gasteiger partial charge in [0.05, 0.1) is 0 Å². The predicted molar refractivity (Wildman–Crippen MR) is 55.1 cm³/mol. The molecule has 1 nitrogen and oxygen atoms in total. The third kappa shape index (κ3) is 2.19. The molecule has 0 radical (unpaired) electrons. The van der Waals surface area contributed by atoms with Gasteiger partial charge in [-0.05, 0) is 42.7 Å². The lowest BCUT2D eigenvalue weighted by molar-refractivity contribution is -0.117. The zero-order chi connectivity index (χ0) is 9.26. The van der Waals surface area contributed by atoms with Crippen LogP contribution in [0.1, 0.15) is 29.7 Å². The molecule has 2 rings (SSSR count). The van der Waals surface area contributed by atoms with Crippen LogP contribution in [0.5, 0.6) is 0 Å². The standard InChI is InChI=1S/C11H14OS/c1-8-4-10(7-13-8)5-9-2-3-11(12)6-9/h4,7,9H,2-3,5-6H2,1H3. The van der Waals surface area contributed by atoms with Gasteiger partial charge in [0.2, 0.25) is 0 Å². The van der Waals surface area contributed by atoms with Crippen LogP contribution in [0.3, 0.4) is 0 Å². The predicted octanol–water partition coefficient (Wildman–Crippen LogP) is 2.97. The molecule has 0 aromatic carbocycles. The molecule has 1 aromatic heterocycles. The average molecular weight is 194 g/mol. The summed E-state index contributed by atoms with van der Waals surface area (Å²) in [6.45, 7) is 2.13. The molecule has 1 fully saturated rings. The fraction of sp³-hybridized carbons (Fsp3) is 0.545. The van der Waals surface area contributed by atoms with E-state index < -0.39 is 0 Å². The van der Waals surface area contributed by atoms with Crippen LogP contribution in [0.4, 0.5) is 0 Å². The van der Waals surface area contributed by atoms with Crippen LogP contribution < -0.4 is 0 Å². The molecule has 1 aromatic rings. The molecule has 2 heteroatoms. The minimum Gasteiger partial charge on any atom is -0.300 e. The number of thiophene rings is 1. The maximum Gasteiger partial charge on any atom is 0.133 e. The minimum absolute atomic E-state index is 0.456. The van der Waals surface area contributed by atoms with Crippen LogP contribution in [0.25, 0.3) is 0 Å². The first-order chi connectivity index (χ1) is 6.24. The summed E-state index contributed by atoms with van der Waals surface area (Å²) >= 11 is 1.80. The van der Waals surface area contributed by atoms with Gasteiger partial charge in [0, 0.05) is 17.7 Å². The highest BCUT2D eigenvalue weighted by molar-refractivity contribution is 7.10. The molecule has 1 heterocycles. The first-order valence-electron chi connectivity index (χ1n) is 4.80. The van der Waals surface area contributed by atoms with Crippen LogP contribution in [0, 0.1) is 12.8 Å². The lowest BCUT2D eigenvalue weighted by Gasteiger charge is -2.04. The van der Waals surface area contributed by atoms with Crippen molar-refractivity contribution in [3.8, 4) is 0 Å². The van der Waals surface area contributed by atoms with Crippen LogP contribution >= 0.6 is 11.3 Å². The Morgan fingerprint density at radius 1 is 1.62 bits per heavy atom. The van der Waals surface area contributed by atoms with Gasteiger partial charge in [-0.25, -0.2) is 0 Å². The van der Waals surface area contributed by atoms with Crippen molar-refractivity contribution in [3.63, 3.8) is 0 Å². The van der Waals surface area contributed by atoms with E-state index in [-0.39, 0.29) is 0 Å². The zero-order valence-corrected chi connectivity index (χ0v) is 8.69. The molecule has 13 heavy (non-hydrogen) atoms. The number of ketones is 1. The number of hydrogen-bond acceptors (Lipinski definition) is 2. The molecule has 0 bridgehead atoms. The van der Waals surface area contributed by atoms with Gasteiger partial charge in [-0.1, -0.05) is 0 Å². The number of Topliss-reactive ketones (excluding diaryl/α,β-unsaturated/α-hetero) is 1. The molecule has 0 aliphatic heterocycles. The Labute approximate surface area is 82.8 Å². The van der Waals surface area contributed by atoms with Crippen molar-refractivity contribution in [2.45, 2.75) is 32.6 Å². The van der Waals surface area contributed by atoms with Crippen molar-refractivity contribution in [1.82, 2.24) is 0 Å². The van der Waals surface area contributed by atoms with Gasteiger partial charge in [0.1, 0.15) is 5.78 Å². The Morgan fingerprint density at radius 2 is 2.46 bits per heavy atom. The average Bonchev–Trinajstić information content (AvgIpc) is 2.62. The van der Waals surface area contributed by atoms with Gasteiger partial charge < -0.3 is 0 Å². The van der Waals surface area contributed by atoms with E-state index in [9.17, 15) is 4.79 Å². The summed E-state index contributed by atoms with van der Waals surface area (Å²) in [5.41, 5.74) is 1.42. The van der Waals surface area contributed by atoms with Crippen molar-refractivity contribution in [2.75, 3.05) is 0 Å². The Hall–Kier alpha value is -0.630. The van der Waals surface area contributed by atoms with Crippen LogP contribution in [-0.4, -0.2) is 5.78 Å². The van der Waals surface area contributed by atoms with E-state index in [4.69, 9.17) is 0 Å². The summed E-state index contributed by atoms with van der Waals surface area (Å²) in [6.07, 6.45) is 3.84. The highest BCUT2D eigenvalue weighted by atomic mass is 32.1. The lowest BCUT2D eigenvalue weighted by atomic mass is 10.00. The Kier molecular flexibility index (Phi) is 2.49. The minimum atomic E-state index is 0.456. The molecule has 1 unspecified atom stereocenters. The molecule has 0 saturated heterocycles. The second kappa shape index (κ2) is 3.62. The first-order valence-corrected chi connectivity index (χ1v) is 5.68. The normalized spacial score (nSPS) is 22.5. The van der Waals surface area contributed by atoms with Gasteiger partial charge in [0.25, 0.3) is 0 Å². The molecule has 1 atom stereocenters. The van der Waals surface area contributed by atoms with Crippen molar-refractivity contribution in [1.29, 1.82) is 0 Å². The van der Waals surface area contributed by atoms with Crippen molar-refractivity contribution < 1.29 is 4.79 Å². The van der Waals surface area contributed by atoms with E-state index in [1.54, 1.807) is 11.3 Å². The molecule has 1 aliphatic carbocycles. The van der Waals surface area contributed by atoms with Crippen molar-refractivity contribution in [2.24, 2.45) is 5.92 Å². The van der Waals surface area contributed by atoms with E-state index in [1.807, 2.05) is 0 Å². The summed E-state index contributed by atoms with van der Waals surface area (Å²) in [5.74, 6) is 1.08. The number of hydrogen-bond donors (Lipinski definition) is 0. The third-order valence-electron chi connectivity index (χ3n) is 2.66. The fourth-order valence-electron chi connectivity index (χ4n) is 2.00. The molecule has 1 saturated carbocycles.